The zero-order valence-electron chi connectivity index (χ0n) is 15.1. The lowest BCUT2D eigenvalue weighted by molar-refractivity contribution is -0.322. The monoisotopic (exact) mass is 352 g/mol. The van der Waals surface area contributed by atoms with Crippen molar-refractivity contribution in [3.8, 4) is 0 Å². The van der Waals surface area contributed by atoms with Crippen molar-refractivity contribution in [1.82, 2.24) is 0 Å². The van der Waals surface area contributed by atoms with E-state index in [0.29, 0.717) is 0 Å². The van der Waals surface area contributed by atoms with E-state index in [1.165, 1.54) is 21.3 Å². The quantitative estimate of drug-likeness (QED) is 0.487. The van der Waals surface area contributed by atoms with E-state index >= 15 is 0 Å². The Kier molecular flexibility index (Phi) is 9.67. The van der Waals surface area contributed by atoms with E-state index in [4.69, 9.17) is 37.9 Å². The second-order valence-electron chi connectivity index (χ2n) is 5.20. The fraction of sp³-hybridized carbons (Fsp3) is 0.933. The molecule has 9 heteroatoms. The molecular weight excluding hydrogens is 324 g/mol. The van der Waals surface area contributed by atoms with Gasteiger partial charge in [0.05, 0.1) is 20.3 Å². The van der Waals surface area contributed by atoms with Crippen LogP contribution in [0.5, 0.6) is 0 Å². The van der Waals surface area contributed by atoms with Crippen molar-refractivity contribution < 1.29 is 42.7 Å². The second kappa shape index (κ2) is 10.9. The zero-order chi connectivity index (χ0) is 18.1. The molecule has 1 aliphatic heterocycles. The molecule has 1 fully saturated rings. The maximum absolute atomic E-state index is 11.8. The lowest BCUT2D eigenvalue weighted by Crippen LogP contribution is -2.62. The van der Waals surface area contributed by atoms with Gasteiger partial charge in [0.25, 0.3) is 0 Å². The van der Waals surface area contributed by atoms with Gasteiger partial charge in [-0.2, -0.15) is 0 Å². The molecule has 0 aromatic rings. The molecule has 24 heavy (non-hydrogen) atoms. The molecule has 0 aromatic heterocycles. The molecule has 0 unspecified atom stereocenters. The summed E-state index contributed by atoms with van der Waals surface area (Å²) in [4.78, 5) is 11.8. The third-order valence-corrected chi connectivity index (χ3v) is 3.82. The smallest absolute Gasteiger partial charge is 0.337 e. The number of hydrogen-bond donors (Lipinski definition) is 0. The lowest BCUT2D eigenvalue weighted by atomic mass is 9.98. The fourth-order valence-electron chi connectivity index (χ4n) is 2.70. The van der Waals surface area contributed by atoms with Crippen molar-refractivity contribution in [2.45, 2.75) is 36.8 Å². The van der Waals surface area contributed by atoms with E-state index in [2.05, 4.69) is 0 Å². The predicted molar refractivity (Wildman–Crippen MR) is 81.7 cm³/mol. The average molecular weight is 352 g/mol. The van der Waals surface area contributed by atoms with E-state index in [1.54, 1.807) is 21.3 Å². The summed E-state index contributed by atoms with van der Waals surface area (Å²) in [5.74, 6) is -0.568. The minimum Gasteiger partial charge on any atom is -0.467 e. The molecule has 142 valence electrons. The number of ether oxygens (including phenoxy) is 8. The van der Waals surface area contributed by atoms with Crippen LogP contribution < -0.4 is 0 Å². The molecule has 0 spiro atoms. The second-order valence-corrected chi connectivity index (χ2v) is 5.20. The lowest BCUT2D eigenvalue weighted by Gasteiger charge is -2.44. The number of hydrogen-bond acceptors (Lipinski definition) is 9. The van der Waals surface area contributed by atoms with Gasteiger partial charge < -0.3 is 37.9 Å². The highest BCUT2D eigenvalue weighted by Crippen LogP contribution is 2.28. The number of methoxy groups -OCH3 is 6. The Hall–Kier alpha value is -0.810. The maximum Gasteiger partial charge on any atom is 0.337 e. The van der Waals surface area contributed by atoms with E-state index in [9.17, 15) is 4.79 Å². The summed E-state index contributed by atoms with van der Waals surface area (Å²) in [6.45, 7) is 0.283. The van der Waals surface area contributed by atoms with Crippen LogP contribution in [0.25, 0.3) is 0 Å². The molecular formula is C15H28O9. The minimum absolute atomic E-state index is 0.0171. The van der Waals surface area contributed by atoms with Crippen molar-refractivity contribution in [3.05, 3.63) is 0 Å². The topological polar surface area (TPSA) is 90.9 Å². The molecule has 0 N–H and O–H groups in total. The van der Waals surface area contributed by atoms with Crippen LogP contribution in [0.3, 0.4) is 0 Å². The summed E-state index contributed by atoms with van der Waals surface area (Å²) in [5, 5.41) is 0. The molecule has 6 atom stereocenters. The Labute approximate surface area is 142 Å². The van der Waals surface area contributed by atoms with Crippen molar-refractivity contribution in [1.29, 1.82) is 0 Å². The summed E-state index contributed by atoms with van der Waals surface area (Å²) in [5.41, 5.74) is 0. The Morgan fingerprint density at radius 1 is 0.917 bits per heavy atom. The van der Waals surface area contributed by atoms with E-state index in [1.807, 2.05) is 0 Å². The Balaban J connectivity index is 2.98. The van der Waals surface area contributed by atoms with Crippen molar-refractivity contribution in [2.24, 2.45) is 0 Å². The first-order valence-electron chi connectivity index (χ1n) is 7.52. The molecule has 0 radical (unpaired) electrons. The largest absolute Gasteiger partial charge is 0.467 e. The number of rotatable bonds is 10. The van der Waals surface area contributed by atoms with Crippen LogP contribution in [0, 0.1) is 0 Å². The summed E-state index contributed by atoms with van der Waals surface area (Å²) in [6, 6.07) is 0. The highest BCUT2D eigenvalue weighted by Gasteiger charge is 2.48. The zero-order valence-corrected chi connectivity index (χ0v) is 15.1. The first kappa shape index (κ1) is 21.2. The standard InChI is InChI=1S/C15H28O9/c1-17-7-9-11(19-3)12(20-4)13(21-5)15(23-9)24-10(8-18-2)14(16)22-6/h9-13,15H,7-8H2,1-6H3/t9-,10-,11-,12+,13+,15-/m1/s1. The van der Waals surface area contributed by atoms with Crippen LogP contribution >= 0.6 is 0 Å². The highest BCUT2D eigenvalue weighted by molar-refractivity contribution is 5.74. The van der Waals surface area contributed by atoms with Gasteiger partial charge in [0.1, 0.15) is 24.4 Å². The van der Waals surface area contributed by atoms with Gasteiger partial charge in [-0.05, 0) is 0 Å². The molecule has 0 aliphatic carbocycles. The molecule has 1 saturated heterocycles. The van der Waals surface area contributed by atoms with Gasteiger partial charge in [-0.1, -0.05) is 0 Å². The number of esters is 1. The maximum atomic E-state index is 11.8. The summed E-state index contributed by atoms with van der Waals surface area (Å²) < 4.78 is 43.0. The van der Waals surface area contributed by atoms with Crippen molar-refractivity contribution in [3.63, 3.8) is 0 Å². The van der Waals surface area contributed by atoms with Gasteiger partial charge >= 0.3 is 5.97 Å². The van der Waals surface area contributed by atoms with E-state index in [0.717, 1.165) is 0 Å². The van der Waals surface area contributed by atoms with Crippen LogP contribution in [0.15, 0.2) is 0 Å². The van der Waals surface area contributed by atoms with Gasteiger partial charge in [0, 0.05) is 35.5 Å². The minimum atomic E-state index is -0.956. The van der Waals surface area contributed by atoms with Gasteiger partial charge in [0.2, 0.25) is 0 Å². The number of carbonyl (C=O) groups excluding carboxylic acids is 1. The normalized spacial score (nSPS) is 31.7. The third kappa shape index (κ3) is 5.09. The average Bonchev–Trinajstić information content (AvgIpc) is 2.60. The molecule has 0 bridgehead atoms. The highest BCUT2D eigenvalue weighted by atomic mass is 16.7. The van der Waals surface area contributed by atoms with Crippen molar-refractivity contribution >= 4 is 5.97 Å². The summed E-state index contributed by atoms with van der Waals surface area (Å²) >= 11 is 0. The molecule has 0 aromatic carbocycles. The molecule has 0 saturated carbocycles. The van der Waals surface area contributed by atoms with Crippen LogP contribution in [-0.4, -0.2) is 98.7 Å². The Morgan fingerprint density at radius 2 is 1.54 bits per heavy atom. The summed E-state index contributed by atoms with van der Waals surface area (Å²) in [6.07, 6.45) is -3.80. The first-order chi connectivity index (χ1) is 11.6. The Bertz CT molecular complexity index is 365. The molecule has 9 nitrogen and oxygen atoms in total. The van der Waals surface area contributed by atoms with Crippen LogP contribution in [0.1, 0.15) is 0 Å². The van der Waals surface area contributed by atoms with Crippen LogP contribution in [0.4, 0.5) is 0 Å². The van der Waals surface area contributed by atoms with Gasteiger partial charge in [-0.25, -0.2) is 4.79 Å². The fourth-order valence-corrected chi connectivity index (χ4v) is 2.70. The predicted octanol–water partition coefficient (Wildman–Crippen LogP) is -0.393. The van der Waals surface area contributed by atoms with Gasteiger partial charge in [-0.15, -0.1) is 0 Å². The Morgan fingerprint density at radius 3 is 2.00 bits per heavy atom. The van der Waals surface area contributed by atoms with Crippen LogP contribution in [-0.2, 0) is 42.7 Å². The van der Waals surface area contributed by atoms with Crippen LogP contribution in [0.2, 0.25) is 0 Å². The number of carbonyl (C=O) groups is 1. The molecule has 0 amide bonds. The summed E-state index contributed by atoms with van der Waals surface area (Å²) in [7, 11) is 8.89. The van der Waals surface area contributed by atoms with E-state index in [-0.39, 0.29) is 13.2 Å². The SMILES string of the molecule is COC[C@@H](O[C@H]1O[C@H](COC)[C@@H](OC)[C@H](OC)[C@@H]1OC)C(=O)OC. The molecule has 1 rings (SSSR count). The molecule has 1 aliphatic rings. The molecule has 1 heterocycles. The van der Waals surface area contributed by atoms with Crippen molar-refractivity contribution in [2.75, 3.05) is 55.9 Å². The van der Waals surface area contributed by atoms with E-state index < -0.39 is 42.8 Å². The van der Waals surface area contributed by atoms with Gasteiger partial charge in [-0.3, -0.25) is 0 Å². The van der Waals surface area contributed by atoms with Gasteiger partial charge in [0.15, 0.2) is 12.4 Å². The first-order valence-corrected chi connectivity index (χ1v) is 7.52. The third-order valence-electron chi connectivity index (χ3n) is 3.82.